The Balaban J connectivity index is 5.36. The second-order valence-corrected chi connectivity index (χ2v) is 3.33. The largest absolute Gasteiger partial charge is 0.513 e. The number of hydrogen-bond acceptors (Lipinski definition) is 5. The molecule has 0 heterocycles. The summed E-state index contributed by atoms with van der Waals surface area (Å²) >= 11 is 0. The number of nitrogens with zero attached hydrogens (tertiary/aromatic N) is 1. The Morgan fingerprint density at radius 1 is 1.47 bits per heavy atom. The van der Waals surface area contributed by atoms with Gasteiger partial charge in [0.05, 0.1) is 18.9 Å². The van der Waals surface area contributed by atoms with Gasteiger partial charge in [-0.1, -0.05) is 0 Å². The number of aliphatic hydroxyl groups is 1. The van der Waals surface area contributed by atoms with Crippen molar-refractivity contribution in [1.29, 1.82) is 0 Å². The first-order chi connectivity index (χ1) is 8.73. The van der Waals surface area contributed by atoms with Gasteiger partial charge in [0.1, 0.15) is 5.57 Å². The van der Waals surface area contributed by atoms with Crippen LogP contribution in [0.5, 0.6) is 0 Å². The van der Waals surface area contributed by atoms with Crippen molar-refractivity contribution in [3.05, 3.63) is 23.6 Å². The predicted molar refractivity (Wildman–Crippen MR) is 63.6 cm³/mol. The molecule has 0 aliphatic rings. The Morgan fingerprint density at radius 3 is 2.42 bits per heavy atom. The lowest BCUT2D eigenvalue weighted by Crippen LogP contribution is -2.30. The molecule has 0 rings (SSSR count). The van der Waals surface area contributed by atoms with Gasteiger partial charge < -0.3 is 15.6 Å². The molecule has 0 radical (unpaired) electrons. The molecule has 0 aromatic carbocycles. The number of rotatable bonds is 5. The highest BCUT2D eigenvalue weighted by atomic mass is 19.4. The van der Waals surface area contributed by atoms with Gasteiger partial charge in [0.25, 0.3) is 0 Å². The third kappa shape index (κ3) is 5.94. The fourth-order valence-electron chi connectivity index (χ4n) is 1.05. The van der Waals surface area contributed by atoms with Crippen molar-refractivity contribution in [3.63, 3.8) is 0 Å². The van der Waals surface area contributed by atoms with Gasteiger partial charge in [-0.25, -0.2) is 4.79 Å². The van der Waals surface area contributed by atoms with E-state index >= 15 is 0 Å². The summed E-state index contributed by atoms with van der Waals surface area (Å²) in [6.45, 7) is 2.22. The molecule has 0 unspecified atom stereocenters. The zero-order valence-electron chi connectivity index (χ0n) is 10.5. The SMILES string of the molecule is CCOC(=O)/C(=C/N)C(=NC/C=C(\C)O)C(F)(F)F. The first-order valence-electron chi connectivity index (χ1n) is 5.30. The van der Waals surface area contributed by atoms with Gasteiger partial charge in [-0.2, -0.15) is 13.2 Å². The molecular weight excluding hydrogens is 265 g/mol. The minimum Gasteiger partial charge on any atom is -0.513 e. The van der Waals surface area contributed by atoms with Gasteiger partial charge in [-0.3, -0.25) is 4.99 Å². The molecule has 0 amide bonds. The van der Waals surface area contributed by atoms with Crippen molar-refractivity contribution in [2.45, 2.75) is 20.0 Å². The number of hydrogen-bond donors (Lipinski definition) is 2. The number of carbonyl (C=O) groups excluding carboxylic acids is 1. The lowest BCUT2D eigenvalue weighted by molar-refractivity contribution is -0.138. The summed E-state index contributed by atoms with van der Waals surface area (Å²) in [7, 11) is 0. The molecule has 0 aromatic heterocycles. The van der Waals surface area contributed by atoms with Gasteiger partial charge in [-0.05, 0) is 19.9 Å². The van der Waals surface area contributed by atoms with E-state index in [1.165, 1.54) is 13.8 Å². The number of carbonyl (C=O) groups is 1. The summed E-state index contributed by atoms with van der Waals surface area (Å²) in [5.74, 6) is -1.38. The standard InChI is InChI=1S/C11H15F3N2O3/c1-3-19-10(18)8(6-15)9(11(12,13)14)16-5-4-7(2)17/h4,6,17H,3,5,15H2,1-2H3/b7-4+,8-6+,16-9?. The van der Waals surface area contributed by atoms with Crippen LogP contribution in [0.15, 0.2) is 28.6 Å². The Hall–Kier alpha value is -1.99. The minimum atomic E-state index is -4.85. The molecule has 0 aliphatic carbocycles. The number of aliphatic imine (C=N–C) groups is 1. The van der Waals surface area contributed by atoms with Gasteiger partial charge in [0, 0.05) is 6.20 Å². The van der Waals surface area contributed by atoms with E-state index in [0.717, 1.165) is 6.08 Å². The summed E-state index contributed by atoms with van der Waals surface area (Å²) in [5.41, 5.74) is 2.72. The van der Waals surface area contributed by atoms with E-state index in [0.29, 0.717) is 6.20 Å². The van der Waals surface area contributed by atoms with E-state index in [1.807, 2.05) is 0 Å². The van der Waals surface area contributed by atoms with E-state index in [9.17, 15) is 18.0 Å². The summed E-state index contributed by atoms with van der Waals surface area (Å²) < 4.78 is 42.8. The van der Waals surface area contributed by atoms with Gasteiger partial charge in [0.15, 0.2) is 5.71 Å². The smallest absolute Gasteiger partial charge is 0.433 e. The van der Waals surface area contributed by atoms with Crippen LogP contribution in [0.4, 0.5) is 13.2 Å². The molecule has 0 saturated heterocycles. The molecule has 0 spiro atoms. The Morgan fingerprint density at radius 2 is 2.05 bits per heavy atom. The first kappa shape index (κ1) is 17.0. The van der Waals surface area contributed by atoms with Gasteiger partial charge in [-0.15, -0.1) is 0 Å². The van der Waals surface area contributed by atoms with Gasteiger partial charge in [0.2, 0.25) is 0 Å². The minimum absolute atomic E-state index is 0.0863. The maximum Gasteiger partial charge on any atom is 0.433 e. The van der Waals surface area contributed by atoms with Crippen LogP contribution in [0.2, 0.25) is 0 Å². The van der Waals surface area contributed by atoms with Gasteiger partial charge >= 0.3 is 12.1 Å². The average molecular weight is 280 g/mol. The zero-order valence-corrected chi connectivity index (χ0v) is 10.5. The van der Waals surface area contributed by atoms with Crippen molar-refractivity contribution < 1.29 is 27.8 Å². The number of esters is 1. The Labute approximate surface area is 108 Å². The number of allylic oxidation sites excluding steroid dienone is 1. The van der Waals surface area contributed by atoms with E-state index in [-0.39, 0.29) is 12.4 Å². The molecule has 0 aromatic rings. The summed E-state index contributed by atoms with van der Waals surface area (Å²) in [6.07, 6.45) is -3.29. The summed E-state index contributed by atoms with van der Waals surface area (Å²) in [4.78, 5) is 14.6. The van der Waals surface area contributed by atoms with Crippen LogP contribution in [0, 0.1) is 0 Å². The monoisotopic (exact) mass is 280 g/mol. The number of halogens is 3. The van der Waals surface area contributed by atoms with Crippen molar-refractivity contribution >= 4 is 11.7 Å². The molecule has 0 atom stereocenters. The lowest BCUT2D eigenvalue weighted by Gasteiger charge is -2.12. The van der Waals surface area contributed by atoms with Crippen LogP contribution in [-0.2, 0) is 9.53 Å². The van der Waals surface area contributed by atoms with Crippen molar-refractivity contribution in [2.75, 3.05) is 13.2 Å². The molecule has 8 heteroatoms. The predicted octanol–water partition coefficient (Wildman–Crippen LogP) is 1.86. The molecule has 5 nitrogen and oxygen atoms in total. The highest BCUT2D eigenvalue weighted by Gasteiger charge is 2.40. The molecule has 0 aliphatic heterocycles. The zero-order chi connectivity index (χ0) is 15.1. The van der Waals surface area contributed by atoms with Crippen LogP contribution in [0.25, 0.3) is 0 Å². The fraction of sp³-hybridized carbons (Fsp3) is 0.455. The molecule has 0 saturated carbocycles. The first-order valence-corrected chi connectivity index (χ1v) is 5.30. The van der Waals surface area contributed by atoms with E-state index in [4.69, 9.17) is 10.8 Å². The molecule has 19 heavy (non-hydrogen) atoms. The number of ether oxygens (including phenoxy) is 1. The van der Waals surface area contributed by atoms with Crippen molar-refractivity contribution in [1.82, 2.24) is 0 Å². The lowest BCUT2D eigenvalue weighted by atomic mass is 10.1. The van der Waals surface area contributed by atoms with E-state index < -0.39 is 30.0 Å². The second kappa shape index (κ2) is 7.45. The van der Waals surface area contributed by atoms with Crippen LogP contribution >= 0.6 is 0 Å². The topological polar surface area (TPSA) is 84.9 Å². The molecular formula is C11H15F3N2O3. The van der Waals surface area contributed by atoms with Crippen LogP contribution < -0.4 is 5.73 Å². The number of nitrogens with two attached hydrogens (primary N) is 1. The third-order valence-corrected chi connectivity index (χ3v) is 1.82. The summed E-state index contributed by atoms with van der Waals surface area (Å²) in [6, 6.07) is 0. The Kier molecular flexibility index (Phi) is 6.67. The quantitative estimate of drug-likeness (QED) is 0.348. The maximum absolute atomic E-state index is 12.8. The average Bonchev–Trinajstić information content (AvgIpc) is 2.26. The normalized spacial score (nSPS) is 14.5. The fourth-order valence-corrected chi connectivity index (χ4v) is 1.05. The number of aliphatic hydroxyl groups excluding tert-OH is 1. The molecule has 3 N–H and O–H groups in total. The van der Waals surface area contributed by atoms with Crippen molar-refractivity contribution in [3.8, 4) is 0 Å². The third-order valence-electron chi connectivity index (χ3n) is 1.82. The second-order valence-electron chi connectivity index (χ2n) is 3.33. The molecule has 0 bridgehead atoms. The molecule has 108 valence electrons. The Bertz CT molecular complexity index is 408. The molecule has 0 fully saturated rings. The van der Waals surface area contributed by atoms with Crippen LogP contribution in [0.1, 0.15) is 13.8 Å². The number of alkyl halides is 3. The van der Waals surface area contributed by atoms with E-state index in [2.05, 4.69) is 9.73 Å². The highest BCUT2D eigenvalue weighted by Crippen LogP contribution is 2.23. The summed E-state index contributed by atoms with van der Waals surface area (Å²) in [5, 5.41) is 8.84. The van der Waals surface area contributed by atoms with Crippen LogP contribution in [0.3, 0.4) is 0 Å². The highest BCUT2D eigenvalue weighted by molar-refractivity contribution is 6.21. The van der Waals surface area contributed by atoms with Crippen molar-refractivity contribution in [2.24, 2.45) is 10.7 Å². The van der Waals surface area contributed by atoms with Crippen LogP contribution in [-0.4, -0.2) is 36.1 Å². The maximum atomic E-state index is 12.8. The van der Waals surface area contributed by atoms with E-state index in [1.54, 1.807) is 0 Å².